The van der Waals surface area contributed by atoms with E-state index in [1.165, 1.54) is 0 Å². The molecule has 0 aromatic heterocycles. The molecule has 4 atom stereocenters. The van der Waals surface area contributed by atoms with Gasteiger partial charge in [0, 0.05) is 0 Å². The summed E-state index contributed by atoms with van der Waals surface area (Å²) in [6.45, 7) is -1.86. The third-order valence-corrected chi connectivity index (χ3v) is 2.58. The Balaban J connectivity index is 2.67. The first-order chi connectivity index (χ1) is 7.19. The highest BCUT2D eigenvalue weighted by atomic mass is 31.2. The summed E-state index contributed by atoms with van der Waals surface area (Å²) in [5.74, 6) is -2.54. The van der Waals surface area contributed by atoms with Crippen molar-refractivity contribution in [3.63, 3.8) is 0 Å². The van der Waals surface area contributed by atoms with Crippen LogP contribution in [-0.2, 0) is 13.8 Å². The van der Waals surface area contributed by atoms with Crippen LogP contribution in [0.25, 0.3) is 0 Å². The number of aliphatic hydroxyl groups is 4. The summed E-state index contributed by atoms with van der Waals surface area (Å²) in [6, 6.07) is 0. The van der Waals surface area contributed by atoms with Crippen molar-refractivity contribution in [3.8, 4) is 0 Å². The number of aliphatic hydroxyl groups excluding tert-OH is 3. The molecule has 1 heterocycles. The van der Waals surface area contributed by atoms with Gasteiger partial charge in [0.15, 0.2) is 0 Å². The average molecular weight is 258 g/mol. The van der Waals surface area contributed by atoms with Gasteiger partial charge in [-0.25, -0.2) is 0 Å². The Labute approximate surface area is 90.1 Å². The largest absolute Gasteiger partial charge is 0.790 e. The predicted octanol–water partition coefficient (Wildman–Crippen LogP) is -4.37. The first-order valence-electron chi connectivity index (χ1n) is 4.23. The maximum Gasteiger partial charge on any atom is 0.219 e. The Hall–Kier alpha value is -0.0900. The van der Waals surface area contributed by atoms with Crippen LogP contribution in [0.3, 0.4) is 0 Å². The van der Waals surface area contributed by atoms with Crippen molar-refractivity contribution in [3.05, 3.63) is 0 Å². The van der Waals surface area contributed by atoms with E-state index < -0.39 is 45.1 Å². The molecule has 0 saturated carbocycles. The van der Waals surface area contributed by atoms with Gasteiger partial charge in [-0.2, -0.15) is 0 Å². The zero-order valence-electron chi connectivity index (χ0n) is 7.92. The van der Waals surface area contributed by atoms with E-state index in [4.69, 9.17) is 5.11 Å². The molecular formula is C6H11O9P-2. The molecule has 10 heteroatoms. The molecule has 1 saturated heterocycles. The van der Waals surface area contributed by atoms with E-state index in [-0.39, 0.29) is 0 Å². The summed E-state index contributed by atoms with van der Waals surface area (Å²) in [6.07, 6.45) is -4.80. The van der Waals surface area contributed by atoms with Gasteiger partial charge in [-0.3, -0.25) is 0 Å². The lowest BCUT2D eigenvalue weighted by molar-refractivity contribution is -0.350. The van der Waals surface area contributed by atoms with Crippen molar-refractivity contribution < 1.29 is 44.0 Å². The van der Waals surface area contributed by atoms with Crippen molar-refractivity contribution in [2.45, 2.75) is 24.1 Å². The molecule has 4 N–H and O–H groups in total. The maximum absolute atomic E-state index is 10.2. The molecule has 1 aliphatic rings. The number of phosphoric acid groups is 1. The minimum absolute atomic E-state index is 0.701. The van der Waals surface area contributed by atoms with Gasteiger partial charge < -0.3 is 44.0 Å². The summed E-state index contributed by atoms with van der Waals surface area (Å²) >= 11 is 0. The summed E-state index contributed by atoms with van der Waals surface area (Å²) in [4.78, 5) is 20.3. The second-order valence-corrected chi connectivity index (χ2v) is 4.49. The predicted molar refractivity (Wildman–Crippen MR) is 42.5 cm³/mol. The van der Waals surface area contributed by atoms with Crippen molar-refractivity contribution in [1.29, 1.82) is 0 Å². The van der Waals surface area contributed by atoms with Gasteiger partial charge in [0.25, 0.3) is 0 Å². The van der Waals surface area contributed by atoms with E-state index >= 15 is 0 Å². The minimum Gasteiger partial charge on any atom is -0.790 e. The molecule has 0 spiro atoms. The molecule has 1 fully saturated rings. The molecular weight excluding hydrogens is 247 g/mol. The van der Waals surface area contributed by atoms with Gasteiger partial charge in [0.2, 0.25) is 5.79 Å². The topological polar surface area (TPSA) is 163 Å². The fraction of sp³-hybridized carbons (Fsp3) is 1.00. The number of phosphoric ester groups is 1. The van der Waals surface area contributed by atoms with Gasteiger partial charge in [0.05, 0.1) is 14.4 Å². The van der Waals surface area contributed by atoms with Crippen molar-refractivity contribution >= 4 is 7.82 Å². The van der Waals surface area contributed by atoms with Crippen molar-refractivity contribution in [2.75, 3.05) is 13.2 Å². The fourth-order valence-electron chi connectivity index (χ4n) is 1.31. The average Bonchev–Trinajstić information content (AvgIpc) is 2.40. The SMILES string of the molecule is O=P([O-])([O-])OC[C@@]1(O)O[C@@H](CO)[C@@H](O)[C@@H]1O. The van der Waals surface area contributed by atoms with E-state index in [2.05, 4.69) is 9.26 Å². The summed E-state index contributed by atoms with van der Waals surface area (Å²) in [5, 5.41) is 36.8. The second-order valence-electron chi connectivity index (χ2n) is 3.34. The second kappa shape index (κ2) is 4.65. The molecule has 1 aliphatic heterocycles. The quantitative estimate of drug-likeness (QED) is 0.365. The van der Waals surface area contributed by atoms with Crippen LogP contribution in [0.2, 0.25) is 0 Å². The number of rotatable bonds is 4. The van der Waals surface area contributed by atoms with E-state index in [1.54, 1.807) is 0 Å². The lowest BCUT2D eigenvalue weighted by Gasteiger charge is -2.33. The molecule has 0 unspecified atom stereocenters. The highest BCUT2D eigenvalue weighted by molar-refractivity contribution is 7.43. The molecule has 16 heavy (non-hydrogen) atoms. The normalized spacial score (nSPS) is 40.2. The molecule has 96 valence electrons. The van der Waals surface area contributed by atoms with Crippen LogP contribution in [-0.4, -0.2) is 57.7 Å². The van der Waals surface area contributed by atoms with Crippen LogP contribution in [0, 0.1) is 0 Å². The molecule has 9 nitrogen and oxygen atoms in total. The highest BCUT2D eigenvalue weighted by Gasteiger charge is 2.53. The van der Waals surface area contributed by atoms with Gasteiger partial charge in [0.1, 0.15) is 24.9 Å². The third kappa shape index (κ3) is 2.98. The highest BCUT2D eigenvalue weighted by Crippen LogP contribution is 2.34. The summed E-state index contributed by atoms with van der Waals surface area (Å²) in [5.41, 5.74) is 0. The molecule has 0 bridgehead atoms. The number of hydrogen-bond acceptors (Lipinski definition) is 9. The molecule has 0 aliphatic carbocycles. The van der Waals surface area contributed by atoms with E-state index in [9.17, 15) is 29.7 Å². The van der Waals surface area contributed by atoms with Crippen molar-refractivity contribution in [2.24, 2.45) is 0 Å². The molecule has 1 rings (SSSR count). The standard InChI is InChI=1S/C6H13O9P/c7-1-3-4(8)5(9)6(10,15-3)2-14-16(11,12)13/h3-5,7-10H,1-2H2,(H2,11,12,13)/p-2/t3-,4+,5-,6+/m0/s1. The van der Waals surface area contributed by atoms with Crippen LogP contribution in [0.4, 0.5) is 0 Å². The Morgan fingerprint density at radius 1 is 1.44 bits per heavy atom. The minimum atomic E-state index is -5.33. The fourth-order valence-corrected chi connectivity index (χ4v) is 1.65. The first kappa shape index (κ1) is 14.0. The summed E-state index contributed by atoms with van der Waals surface area (Å²) < 4.78 is 18.5. The van der Waals surface area contributed by atoms with Gasteiger partial charge in [-0.05, 0) is 0 Å². The maximum atomic E-state index is 10.2. The summed E-state index contributed by atoms with van der Waals surface area (Å²) in [7, 11) is -5.33. The smallest absolute Gasteiger partial charge is 0.219 e. The molecule has 0 radical (unpaired) electrons. The number of hydrogen-bond donors (Lipinski definition) is 4. The number of ether oxygens (including phenoxy) is 1. The van der Waals surface area contributed by atoms with Crippen molar-refractivity contribution in [1.82, 2.24) is 0 Å². The third-order valence-electron chi connectivity index (χ3n) is 2.13. The molecule has 0 aromatic carbocycles. The lowest BCUT2D eigenvalue weighted by Crippen LogP contribution is -2.47. The first-order valence-corrected chi connectivity index (χ1v) is 5.69. The van der Waals surface area contributed by atoms with E-state index in [1.807, 2.05) is 0 Å². The molecule has 0 aromatic rings. The Bertz CT molecular complexity index is 290. The Morgan fingerprint density at radius 3 is 2.38 bits per heavy atom. The van der Waals surface area contributed by atoms with E-state index in [0.29, 0.717) is 0 Å². The lowest BCUT2D eigenvalue weighted by atomic mass is 10.1. The van der Waals surface area contributed by atoms with Crippen LogP contribution >= 0.6 is 7.82 Å². The zero-order chi connectivity index (χ0) is 12.6. The Morgan fingerprint density at radius 2 is 2.00 bits per heavy atom. The van der Waals surface area contributed by atoms with Crippen LogP contribution < -0.4 is 9.79 Å². The van der Waals surface area contributed by atoms with Gasteiger partial charge in [-0.15, -0.1) is 0 Å². The van der Waals surface area contributed by atoms with Crippen LogP contribution in [0.5, 0.6) is 0 Å². The van der Waals surface area contributed by atoms with Crippen LogP contribution in [0.15, 0.2) is 0 Å². The van der Waals surface area contributed by atoms with Gasteiger partial charge >= 0.3 is 0 Å². The zero-order valence-corrected chi connectivity index (χ0v) is 8.82. The monoisotopic (exact) mass is 258 g/mol. The van der Waals surface area contributed by atoms with Gasteiger partial charge in [-0.1, -0.05) is 0 Å². The van der Waals surface area contributed by atoms with Crippen LogP contribution in [0.1, 0.15) is 0 Å². The van der Waals surface area contributed by atoms with E-state index in [0.717, 1.165) is 0 Å². The molecule has 0 amide bonds. The Kier molecular flexibility index (Phi) is 4.06.